The van der Waals surface area contributed by atoms with E-state index in [0.29, 0.717) is 18.9 Å². The smallest absolute Gasteiger partial charge is 0.225 e. The quantitative estimate of drug-likeness (QED) is 0.848. The summed E-state index contributed by atoms with van der Waals surface area (Å²) in [5.41, 5.74) is 5.68. The van der Waals surface area contributed by atoms with Crippen LogP contribution in [0.4, 0.5) is 5.69 Å². The topological polar surface area (TPSA) is 49.4 Å². The lowest BCUT2D eigenvalue weighted by atomic mass is 9.83. The number of aryl methyl sites for hydroxylation is 2. The summed E-state index contributed by atoms with van der Waals surface area (Å²) in [6, 6.07) is 14.4. The Balaban J connectivity index is 1.35. The highest BCUT2D eigenvalue weighted by molar-refractivity contribution is 5.91. The van der Waals surface area contributed by atoms with Crippen LogP contribution in [0, 0.1) is 12.8 Å². The molecule has 2 amide bonds. The van der Waals surface area contributed by atoms with Gasteiger partial charge in [0.05, 0.1) is 0 Å². The zero-order chi connectivity index (χ0) is 19.5. The van der Waals surface area contributed by atoms with Crippen LogP contribution in [0.25, 0.3) is 0 Å². The maximum absolute atomic E-state index is 12.5. The van der Waals surface area contributed by atoms with E-state index in [-0.39, 0.29) is 11.8 Å². The van der Waals surface area contributed by atoms with Gasteiger partial charge in [-0.25, -0.2) is 0 Å². The van der Waals surface area contributed by atoms with Crippen molar-refractivity contribution in [3.8, 4) is 0 Å². The minimum atomic E-state index is 0.0266. The molecule has 0 bridgehead atoms. The Kier molecular flexibility index (Phi) is 5.47. The highest BCUT2D eigenvalue weighted by Crippen LogP contribution is 2.31. The van der Waals surface area contributed by atoms with Gasteiger partial charge in [0.1, 0.15) is 0 Å². The SMILES string of the molecule is Cc1ccc(CCC(=O)Nc2ccc3c(c2)CN(C(=O)C2CCC2)CC3)cc1. The van der Waals surface area contributed by atoms with Crippen LogP contribution in [0.1, 0.15) is 47.9 Å². The highest BCUT2D eigenvalue weighted by Gasteiger charge is 2.31. The van der Waals surface area contributed by atoms with Crippen LogP contribution >= 0.6 is 0 Å². The lowest BCUT2D eigenvalue weighted by Gasteiger charge is -2.35. The fourth-order valence-electron chi connectivity index (χ4n) is 3.97. The van der Waals surface area contributed by atoms with E-state index in [9.17, 15) is 9.59 Å². The molecule has 1 aliphatic carbocycles. The van der Waals surface area contributed by atoms with Gasteiger partial charge in [0.15, 0.2) is 0 Å². The number of nitrogens with zero attached hydrogens (tertiary/aromatic N) is 1. The molecule has 4 rings (SSSR count). The molecule has 4 heteroatoms. The van der Waals surface area contributed by atoms with Crippen molar-refractivity contribution >= 4 is 17.5 Å². The van der Waals surface area contributed by atoms with Gasteiger partial charge in [-0.2, -0.15) is 0 Å². The fourth-order valence-corrected chi connectivity index (χ4v) is 3.97. The monoisotopic (exact) mass is 376 g/mol. The maximum Gasteiger partial charge on any atom is 0.225 e. The fraction of sp³-hybridized carbons (Fsp3) is 0.417. The maximum atomic E-state index is 12.5. The number of nitrogens with one attached hydrogen (secondary N) is 1. The molecule has 0 spiro atoms. The first-order valence-electron chi connectivity index (χ1n) is 10.3. The van der Waals surface area contributed by atoms with Gasteiger partial charge in [0.2, 0.25) is 11.8 Å². The number of amides is 2. The number of anilines is 1. The molecule has 4 nitrogen and oxygen atoms in total. The molecule has 1 N–H and O–H groups in total. The van der Waals surface area contributed by atoms with E-state index in [0.717, 1.165) is 43.5 Å². The molecule has 1 heterocycles. The molecule has 2 aliphatic rings. The summed E-state index contributed by atoms with van der Waals surface area (Å²) < 4.78 is 0. The van der Waals surface area contributed by atoms with Crippen molar-refractivity contribution in [2.24, 2.45) is 5.92 Å². The van der Waals surface area contributed by atoms with Gasteiger partial charge in [0.25, 0.3) is 0 Å². The summed E-state index contributed by atoms with van der Waals surface area (Å²) in [5.74, 6) is 0.578. The van der Waals surface area contributed by atoms with Crippen LogP contribution in [-0.2, 0) is 29.0 Å². The Morgan fingerprint density at radius 1 is 1.07 bits per heavy atom. The number of rotatable bonds is 5. The molecule has 0 atom stereocenters. The molecule has 2 aromatic rings. The number of benzene rings is 2. The molecule has 1 saturated carbocycles. The van der Waals surface area contributed by atoms with Crippen LogP contribution < -0.4 is 5.32 Å². The Hall–Kier alpha value is -2.62. The van der Waals surface area contributed by atoms with Crippen LogP contribution in [0.3, 0.4) is 0 Å². The van der Waals surface area contributed by atoms with Crippen molar-refractivity contribution < 1.29 is 9.59 Å². The Labute approximate surface area is 166 Å². The molecule has 0 saturated heterocycles. The molecular formula is C24H28N2O2. The number of hydrogen-bond donors (Lipinski definition) is 1. The van der Waals surface area contributed by atoms with Gasteiger partial charge in [-0.3, -0.25) is 9.59 Å². The molecule has 1 aliphatic heterocycles. The highest BCUT2D eigenvalue weighted by atomic mass is 16.2. The summed E-state index contributed by atoms with van der Waals surface area (Å²) in [6.07, 6.45) is 5.36. The molecule has 0 radical (unpaired) electrons. The minimum Gasteiger partial charge on any atom is -0.338 e. The van der Waals surface area contributed by atoms with Crippen molar-refractivity contribution in [3.05, 3.63) is 64.7 Å². The third-order valence-electron chi connectivity index (χ3n) is 6.03. The summed E-state index contributed by atoms with van der Waals surface area (Å²) >= 11 is 0. The Morgan fingerprint density at radius 2 is 1.86 bits per heavy atom. The van der Waals surface area contributed by atoms with Gasteiger partial charge < -0.3 is 10.2 Å². The minimum absolute atomic E-state index is 0.0266. The third kappa shape index (κ3) is 4.27. The van der Waals surface area contributed by atoms with Crippen LogP contribution in [0.2, 0.25) is 0 Å². The number of hydrogen-bond acceptors (Lipinski definition) is 2. The first-order valence-corrected chi connectivity index (χ1v) is 10.3. The first kappa shape index (κ1) is 18.7. The number of carbonyl (C=O) groups excluding carboxylic acids is 2. The van der Waals surface area contributed by atoms with Crippen LogP contribution in [-0.4, -0.2) is 23.3 Å². The van der Waals surface area contributed by atoms with Crippen molar-refractivity contribution in [1.82, 2.24) is 4.90 Å². The average molecular weight is 377 g/mol. The summed E-state index contributed by atoms with van der Waals surface area (Å²) in [6.45, 7) is 3.54. The van der Waals surface area contributed by atoms with Crippen molar-refractivity contribution in [2.45, 2.75) is 52.0 Å². The second kappa shape index (κ2) is 8.17. The standard InChI is InChI=1S/C24H28N2O2/c1-17-5-7-18(8-6-17)9-12-23(27)25-22-11-10-19-13-14-26(16-21(19)15-22)24(28)20-3-2-4-20/h5-8,10-11,15,20H,2-4,9,12-14,16H2,1H3,(H,25,27). The zero-order valence-electron chi connectivity index (χ0n) is 16.5. The van der Waals surface area contributed by atoms with E-state index in [1.807, 2.05) is 17.0 Å². The van der Waals surface area contributed by atoms with Gasteiger partial charge in [0, 0.05) is 31.1 Å². The molecule has 2 aromatic carbocycles. The van der Waals surface area contributed by atoms with E-state index in [2.05, 4.69) is 42.6 Å². The summed E-state index contributed by atoms with van der Waals surface area (Å²) in [7, 11) is 0. The molecular weight excluding hydrogens is 348 g/mol. The Bertz CT molecular complexity index is 869. The summed E-state index contributed by atoms with van der Waals surface area (Å²) in [5, 5.41) is 3.02. The largest absolute Gasteiger partial charge is 0.338 e. The first-order chi connectivity index (χ1) is 13.6. The summed E-state index contributed by atoms with van der Waals surface area (Å²) in [4.78, 5) is 26.9. The van der Waals surface area contributed by atoms with Crippen LogP contribution in [0.15, 0.2) is 42.5 Å². The second-order valence-corrected chi connectivity index (χ2v) is 8.15. The third-order valence-corrected chi connectivity index (χ3v) is 6.03. The van der Waals surface area contributed by atoms with E-state index in [4.69, 9.17) is 0 Å². The van der Waals surface area contributed by atoms with Crippen molar-refractivity contribution in [3.63, 3.8) is 0 Å². The molecule has 0 aromatic heterocycles. The average Bonchev–Trinajstić information content (AvgIpc) is 2.65. The number of fused-ring (bicyclic) bond motifs is 1. The van der Waals surface area contributed by atoms with E-state index >= 15 is 0 Å². The van der Waals surface area contributed by atoms with Gasteiger partial charge in [-0.1, -0.05) is 42.3 Å². The normalized spacial score (nSPS) is 16.2. The number of carbonyl (C=O) groups is 2. The zero-order valence-corrected chi connectivity index (χ0v) is 16.5. The van der Waals surface area contributed by atoms with Gasteiger partial charge >= 0.3 is 0 Å². The predicted molar refractivity (Wildman–Crippen MR) is 111 cm³/mol. The molecule has 146 valence electrons. The van der Waals surface area contributed by atoms with E-state index in [1.165, 1.54) is 23.1 Å². The lowest BCUT2D eigenvalue weighted by Crippen LogP contribution is -2.41. The molecule has 1 fully saturated rings. The lowest BCUT2D eigenvalue weighted by molar-refractivity contribution is -0.139. The van der Waals surface area contributed by atoms with Gasteiger partial charge in [-0.15, -0.1) is 0 Å². The van der Waals surface area contributed by atoms with Gasteiger partial charge in [-0.05, 0) is 61.4 Å². The molecule has 0 unspecified atom stereocenters. The second-order valence-electron chi connectivity index (χ2n) is 8.15. The molecule has 28 heavy (non-hydrogen) atoms. The Morgan fingerprint density at radius 3 is 2.57 bits per heavy atom. The van der Waals surface area contributed by atoms with Crippen molar-refractivity contribution in [1.29, 1.82) is 0 Å². The van der Waals surface area contributed by atoms with Crippen LogP contribution in [0.5, 0.6) is 0 Å². The van der Waals surface area contributed by atoms with Crippen molar-refractivity contribution in [2.75, 3.05) is 11.9 Å². The predicted octanol–water partition coefficient (Wildman–Crippen LogP) is 4.25. The van der Waals surface area contributed by atoms with E-state index in [1.54, 1.807) is 0 Å². The van der Waals surface area contributed by atoms with E-state index < -0.39 is 0 Å².